The minimum Gasteiger partial charge on any atom is -0.477 e. The summed E-state index contributed by atoms with van der Waals surface area (Å²) in [4.78, 5) is 10.9. The van der Waals surface area contributed by atoms with E-state index in [9.17, 15) is 18.3 Å². The SMILES string of the molecule is Cc1sc(C(=O)O)cc1S(=O)(=O)NCC(C)(O)CO. The molecule has 0 aliphatic heterocycles. The number of hydrogen-bond donors (Lipinski definition) is 4. The lowest BCUT2D eigenvalue weighted by molar-refractivity contribution is 0.00681. The fourth-order valence-corrected chi connectivity index (χ4v) is 3.81. The molecule has 0 aliphatic carbocycles. The van der Waals surface area contributed by atoms with E-state index < -0.39 is 28.2 Å². The van der Waals surface area contributed by atoms with Crippen molar-refractivity contribution in [2.24, 2.45) is 0 Å². The first-order chi connectivity index (χ1) is 8.59. The number of aliphatic hydroxyl groups is 2. The van der Waals surface area contributed by atoms with Gasteiger partial charge in [-0.05, 0) is 19.9 Å². The molecule has 0 spiro atoms. The highest BCUT2D eigenvalue weighted by Crippen LogP contribution is 2.25. The normalized spacial score (nSPS) is 15.2. The zero-order chi connectivity index (χ0) is 14.8. The van der Waals surface area contributed by atoms with E-state index in [2.05, 4.69) is 4.72 Å². The summed E-state index contributed by atoms with van der Waals surface area (Å²) in [6.45, 7) is 1.80. The first-order valence-electron chi connectivity index (χ1n) is 5.26. The lowest BCUT2D eigenvalue weighted by atomic mass is 10.1. The Morgan fingerprint density at radius 2 is 2.11 bits per heavy atom. The zero-order valence-corrected chi connectivity index (χ0v) is 12.0. The van der Waals surface area contributed by atoms with Crippen LogP contribution in [0, 0.1) is 6.92 Å². The van der Waals surface area contributed by atoms with Crippen molar-refractivity contribution in [1.82, 2.24) is 4.72 Å². The Kier molecular flexibility index (Phi) is 4.69. The van der Waals surface area contributed by atoms with Crippen molar-refractivity contribution < 1.29 is 28.5 Å². The van der Waals surface area contributed by atoms with Crippen molar-refractivity contribution in [3.8, 4) is 0 Å². The van der Waals surface area contributed by atoms with Crippen molar-refractivity contribution in [2.45, 2.75) is 24.3 Å². The summed E-state index contributed by atoms with van der Waals surface area (Å²) < 4.78 is 26.1. The summed E-state index contributed by atoms with van der Waals surface area (Å²) in [5.41, 5.74) is -1.58. The summed E-state index contributed by atoms with van der Waals surface area (Å²) in [7, 11) is -3.92. The third kappa shape index (κ3) is 3.98. The molecule has 1 atom stereocenters. The fourth-order valence-electron chi connectivity index (χ4n) is 1.22. The lowest BCUT2D eigenvalue weighted by Crippen LogP contribution is -2.43. The Morgan fingerprint density at radius 1 is 1.53 bits per heavy atom. The van der Waals surface area contributed by atoms with Crippen molar-refractivity contribution >= 4 is 27.3 Å². The molecule has 1 heterocycles. The Balaban J connectivity index is 2.98. The zero-order valence-electron chi connectivity index (χ0n) is 10.4. The van der Waals surface area contributed by atoms with Gasteiger partial charge in [0.05, 0.1) is 17.1 Å². The third-order valence-electron chi connectivity index (χ3n) is 2.36. The molecule has 4 N–H and O–H groups in total. The molecule has 0 radical (unpaired) electrons. The molecule has 108 valence electrons. The highest BCUT2D eigenvalue weighted by Gasteiger charge is 2.26. The molecule has 1 unspecified atom stereocenters. The van der Waals surface area contributed by atoms with Gasteiger partial charge in [-0.15, -0.1) is 11.3 Å². The molecule has 0 saturated heterocycles. The number of aromatic carboxylic acids is 1. The van der Waals surface area contributed by atoms with Crippen molar-refractivity contribution in [3.63, 3.8) is 0 Å². The number of aryl methyl sites for hydroxylation is 1. The first kappa shape index (κ1) is 16.1. The van der Waals surface area contributed by atoms with Crippen LogP contribution < -0.4 is 4.72 Å². The van der Waals surface area contributed by atoms with Crippen LogP contribution in [0.25, 0.3) is 0 Å². The van der Waals surface area contributed by atoms with Crippen LogP contribution in [0.2, 0.25) is 0 Å². The summed E-state index contributed by atoms with van der Waals surface area (Å²) in [6, 6.07) is 1.07. The summed E-state index contributed by atoms with van der Waals surface area (Å²) in [5.74, 6) is -1.20. The monoisotopic (exact) mass is 309 g/mol. The van der Waals surface area contributed by atoms with Gasteiger partial charge in [0, 0.05) is 11.4 Å². The molecule has 1 aromatic heterocycles. The van der Waals surface area contributed by atoms with Crippen LogP contribution in [0.15, 0.2) is 11.0 Å². The minimum atomic E-state index is -3.92. The Hall–Kier alpha value is -1.00. The molecule has 0 fully saturated rings. The molecule has 19 heavy (non-hydrogen) atoms. The van der Waals surface area contributed by atoms with Crippen molar-refractivity contribution in [2.75, 3.05) is 13.2 Å². The van der Waals surface area contributed by atoms with Gasteiger partial charge < -0.3 is 15.3 Å². The Morgan fingerprint density at radius 3 is 2.53 bits per heavy atom. The average Bonchev–Trinajstić information content (AvgIpc) is 2.70. The second-order valence-electron chi connectivity index (χ2n) is 4.32. The molecule has 0 aliphatic rings. The van der Waals surface area contributed by atoms with E-state index in [0.29, 0.717) is 4.88 Å². The Bertz CT molecular complexity index is 575. The van der Waals surface area contributed by atoms with Gasteiger partial charge in [-0.3, -0.25) is 0 Å². The van der Waals surface area contributed by atoms with Crippen LogP contribution in [0.1, 0.15) is 21.5 Å². The van der Waals surface area contributed by atoms with Gasteiger partial charge in [0.15, 0.2) is 0 Å². The average molecular weight is 309 g/mol. The van der Waals surface area contributed by atoms with E-state index in [0.717, 1.165) is 17.4 Å². The summed E-state index contributed by atoms with van der Waals surface area (Å²) in [5, 5.41) is 27.2. The van der Waals surface area contributed by atoms with E-state index in [-0.39, 0.29) is 16.3 Å². The number of rotatable bonds is 6. The van der Waals surface area contributed by atoms with Crippen molar-refractivity contribution in [1.29, 1.82) is 0 Å². The predicted octanol–water partition coefficient (Wildman–Crippen LogP) is -0.224. The van der Waals surface area contributed by atoms with Crippen LogP contribution in [-0.4, -0.2) is 48.5 Å². The molecule has 9 heteroatoms. The molecule has 0 amide bonds. The van der Waals surface area contributed by atoms with E-state index in [1.54, 1.807) is 0 Å². The Labute approximate surface area is 114 Å². The van der Waals surface area contributed by atoms with Gasteiger partial charge >= 0.3 is 5.97 Å². The van der Waals surface area contributed by atoms with Crippen LogP contribution in [0.5, 0.6) is 0 Å². The lowest BCUT2D eigenvalue weighted by Gasteiger charge is -2.20. The number of sulfonamides is 1. The molecule has 1 rings (SSSR count). The molecule has 1 aromatic rings. The highest BCUT2D eigenvalue weighted by atomic mass is 32.2. The molecular weight excluding hydrogens is 294 g/mol. The molecule has 0 aromatic carbocycles. The van der Waals surface area contributed by atoms with Crippen LogP contribution in [-0.2, 0) is 10.0 Å². The summed E-state index contributed by atoms with van der Waals surface area (Å²) >= 11 is 0.858. The van der Waals surface area contributed by atoms with Gasteiger partial charge in [0.2, 0.25) is 10.0 Å². The maximum absolute atomic E-state index is 12.0. The van der Waals surface area contributed by atoms with E-state index in [1.165, 1.54) is 13.8 Å². The quantitative estimate of drug-likeness (QED) is 0.576. The topological polar surface area (TPSA) is 124 Å². The van der Waals surface area contributed by atoms with Crippen LogP contribution in [0.4, 0.5) is 0 Å². The number of carboxylic acids is 1. The first-order valence-corrected chi connectivity index (χ1v) is 7.56. The van der Waals surface area contributed by atoms with Gasteiger partial charge in [-0.1, -0.05) is 0 Å². The number of thiophene rings is 1. The van der Waals surface area contributed by atoms with Gasteiger partial charge in [0.1, 0.15) is 4.88 Å². The molecule has 0 saturated carbocycles. The second kappa shape index (κ2) is 5.55. The van der Waals surface area contributed by atoms with Gasteiger partial charge in [-0.25, -0.2) is 17.9 Å². The van der Waals surface area contributed by atoms with Crippen LogP contribution >= 0.6 is 11.3 Å². The smallest absolute Gasteiger partial charge is 0.345 e. The van der Waals surface area contributed by atoms with E-state index >= 15 is 0 Å². The third-order valence-corrected chi connectivity index (χ3v) is 5.05. The molecular formula is C10H15NO6S2. The number of nitrogens with one attached hydrogen (secondary N) is 1. The number of carbonyl (C=O) groups is 1. The highest BCUT2D eigenvalue weighted by molar-refractivity contribution is 7.89. The van der Waals surface area contributed by atoms with Crippen molar-refractivity contribution in [3.05, 3.63) is 15.8 Å². The fraction of sp³-hybridized carbons (Fsp3) is 0.500. The largest absolute Gasteiger partial charge is 0.477 e. The predicted molar refractivity (Wildman–Crippen MR) is 68.9 cm³/mol. The van der Waals surface area contributed by atoms with Gasteiger partial charge in [-0.2, -0.15) is 0 Å². The van der Waals surface area contributed by atoms with E-state index in [4.69, 9.17) is 10.2 Å². The molecule has 7 nitrogen and oxygen atoms in total. The second-order valence-corrected chi connectivity index (χ2v) is 7.31. The summed E-state index contributed by atoms with van der Waals surface area (Å²) in [6.07, 6.45) is 0. The number of hydrogen-bond acceptors (Lipinski definition) is 6. The molecule has 0 bridgehead atoms. The maximum Gasteiger partial charge on any atom is 0.345 e. The minimum absolute atomic E-state index is 0.0770. The maximum atomic E-state index is 12.0. The van der Waals surface area contributed by atoms with Crippen LogP contribution in [0.3, 0.4) is 0 Å². The van der Waals surface area contributed by atoms with Gasteiger partial charge in [0.25, 0.3) is 0 Å². The standard InChI is InChI=1S/C10H15NO6S2/c1-6-8(3-7(18-6)9(13)14)19(16,17)11-4-10(2,15)5-12/h3,11-12,15H,4-5H2,1-2H3,(H,13,14). The van der Waals surface area contributed by atoms with E-state index in [1.807, 2.05) is 0 Å². The number of aliphatic hydroxyl groups excluding tert-OH is 1. The number of carboxylic acid groups (broad SMARTS) is 1.